The highest BCUT2D eigenvalue weighted by Crippen LogP contribution is 2.29. The van der Waals surface area contributed by atoms with Gasteiger partial charge in [-0.2, -0.15) is 0 Å². The summed E-state index contributed by atoms with van der Waals surface area (Å²) in [5.41, 5.74) is -0.287. The Kier molecular flexibility index (Phi) is 4.66. The maximum atomic E-state index is 13.4. The van der Waals surface area contributed by atoms with Crippen molar-refractivity contribution >= 4 is 33.4 Å². The predicted octanol–water partition coefficient (Wildman–Crippen LogP) is 3.00. The number of anilines is 1. The summed E-state index contributed by atoms with van der Waals surface area (Å²) in [6, 6.07) is 4.44. The van der Waals surface area contributed by atoms with Crippen LogP contribution in [-0.4, -0.2) is 23.9 Å². The fourth-order valence-corrected chi connectivity index (χ4v) is 2.95. The molecule has 114 valence electrons. The second-order valence-electron chi connectivity index (χ2n) is 5.14. The van der Waals surface area contributed by atoms with Crippen molar-refractivity contribution in [3.05, 3.63) is 28.5 Å². The lowest BCUT2D eigenvalue weighted by molar-refractivity contribution is -0.130. The normalized spacial score (nSPS) is 18.4. The van der Waals surface area contributed by atoms with Crippen molar-refractivity contribution in [1.82, 2.24) is 5.32 Å². The maximum absolute atomic E-state index is 13.4. The zero-order valence-electron chi connectivity index (χ0n) is 12.1. The first-order valence-corrected chi connectivity index (χ1v) is 7.81. The molecule has 21 heavy (non-hydrogen) atoms. The standard InChI is InChI=1S/C15H18BrFN2O2/c1-3-15(4-2)14(21)19(8-7-13(20)18-15)10-5-6-12(17)11(16)9-10/h5-6,9H,3-4,7-8H2,1-2H3,(H,18,20). The number of nitrogens with one attached hydrogen (secondary N) is 1. The number of rotatable bonds is 3. The van der Waals surface area contributed by atoms with Gasteiger partial charge in [-0.15, -0.1) is 0 Å². The van der Waals surface area contributed by atoms with Gasteiger partial charge in [0.25, 0.3) is 5.91 Å². The van der Waals surface area contributed by atoms with E-state index in [9.17, 15) is 14.0 Å². The fourth-order valence-electron chi connectivity index (χ4n) is 2.58. The molecular formula is C15H18BrFN2O2. The van der Waals surface area contributed by atoms with Crippen LogP contribution in [-0.2, 0) is 9.59 Å². The molecule has 1 heterocycles. The number of carbonyl (C=O) groups excluding carboxylic acids is 2. The zero-order chi connectivity index (χ0) is 15.6. The average molecular weight is 357 g/mol. The van der Waals surface area contributed by atoms with E-state index in [1.165, 1.54) is 6.07 Å². The van der Waals surface area contributed by atoms with Crippen LogP contribution in [0.4, 0.5) is 10.1 Å². The van der Waals surface area contributed by atoms with Crippen molar-refractivity contribution in [3.8, 4) is 0 Å². The quantitative estimate of drug-likeness (QED) is 0.904. The van der Waals surface area contributed by atoms with Crippen LogP contribution in [0.2, 0.25) is 0 Å². The monoisotopic (exact) mass is 356 g/mol. The van der Waals surface area contributed by atoms with E-state index < -0.39 is 5.54 Å². The van der Waals surface area contributed by atoms with Crippen LogP contribution >= 0.6 is 15.9 Å². The summed E-state index contributed by atoms with van der Waals surface area (Å²) in [6.45, 7) is 4.06. The molecule has 1 aromatic carbocycles. The third kappa shape index (κ3) is 2.95. The number of carbonyl (C=O) groups is 2. The van der Waals surface area contributed by atoms with Crippen LogP contribution in [0, 0.1) is 5.82 Å². The molecule has 1 N–H and O–H groups in total. The molecule has 0 aromatic heterocycles. The van der Waals surface area contributed by atoms with Gasteiger partial charge in [0.15, 0.2) is 0 Å². The van der Waals surface area contributed by atoms with Gasteiger partial charge in [-0.25, -0.2) is 4.39 Å². The Hall–Kier alpha value is -1.43. The summed E-state index contributed by atoms with van der Waals surface area (Å²) >= 11 is 3.13. The summed E-state index contributed by atoms with van der Waals surface area (Å²) in [5, 5.41) is 2.85. The molecule has 4 nitrogen and oxygen atoms in total. The van der Waals surface area contributed by atoms with E-state index in [-0.39, 0.29) is 24.1 Å². The number of hydrogen-bond acceptors (Lipinski definition) is 2. The van der Waals surface area contributed by atoms with E-state index in [0.29, 0.717) is 29.5 Å². The Morgan fingerprint density at radius 3 is 2.57 bits per heavy atom. The summed E-state index contributed by atoms with van der Waals surface area (Å²) in [6.07, 6.45) is 1.28. The first kappa shape index (κ1) is 15.9. The van der Waals surface area contributed by atoms with E-state index in [4.69, 9.17) is 0 Å². The van der Waals surface area contributed by atoms with Crippen molar-refractivity contribution in [3.63, 3.8) is 0 Å². The Balaban J connectivity index is 2.44. The van der Waals surface area contributed by atoms with Gasteiger partial charge in [-0.1, -0.05) is 13.8 Å². The largest absolute Gasteiger partial charge is 0.342 e. The predicted molar refractivity (Wildman–Crippen MR) is 82.5 cm³/mol. The van der Waals surface area contributed by atoms with Crippen LogP contribution in [0.1, 0.15) is 33.1 Å². The van der Waals surface area contributed by atoms with Gasteiger partial charge in [0.05, 0.1) is 4.47 Å². The van der Waals surface area contributed by atoms with E-state index in [1.807, 2.05) is 13.8 Å². The van der Waals surface area contributed by atoms with Crippen molar-refractivity contribution in [2.24, 2.45) is 0 Å². The van der Waals surface area contributed by atoms with E-state index >= 15 is 0 Å². The molecule has 0 atom stereocenters. The minimum atomic E-state index is -0.881. The summed E-state index contributed by atoms with van der Waals surface area (Å²) in [7, 11) is 0. The molecule has 2 rings (SSSR count). The summed E-state index contributed by atoms with van der Waals surface area (Å²) < 4.78 is 13.7. The molecule has 1 fully saturated rings. The molecule has 1 saturated heterocycles. The van der Waals surface area contributed by atoms with Gasteiger partial charge >= 0.3 is 0 Å². The third-order valence-corrected chi connectivity index (χ3v) is 4.63. The number of halogens is 2. The van der Waals surface area contributed by atoms with Crippen LogP contribution < -0.4 is 10.2 Å². The molecule has 0 aliphatic carbocycles. The van der Waals surface area contributed by atoms with E-state index in [2.05, 4.69) is 21.2 Å². The molecular weight excluding hydrogens is 339 g/mol. The molecule has 2 amide bonds. The highest BCUT2D eigenvalue weighted by Gasteiger charge is 2.42. The molecule has 1 aromatic rings. The maximum Gasteiger partial charge on any atom is 0.252 e. The number of benzene rings is 1. The van der Waals surface area contributed by atoms with Crippen LogP contribution in [0.25, 0.3) is 0 Å². The average Bonchev–Trinajstić information content (AvgIpc) is 2.60. The molecule has 0 saturated carbocycles. The number of hydrogen-bond donors (Lipinski definition) is 1. The van der Waals surface area contributed by atoms with Gasteiger partial charge in [-0.3, -0.25) is 9.59 Å². The highest BCUT2D eigenvalue weighted by atomic mass is 79.9. The molecule has 1 aliphatic heterocycles. The fraction of sp³-hybridized carbons (Fsp3) is 0.467. The van der Waals surface area contributed by atoms with Gasteiger partial charge in [0, 0.05) is 18.7 Å². The Morgan fingerprint density at radius 2 is 2.00 bits per heavy atom. The van der Waals surface area contributed by atoms with Gasteiger partial charge in [-0.05, 0) is 47.0 Å². The van der Waals surface area contributed by atoms with Gasteiger partial charge in [0.2, 0.25) is 5.91 Å². The van der Waals surface area contributed by atoms with Crippen molar-refractivity contribution < 1.29 is 14.0 Å². The molecule has 1 aliphatic rings. The Morgan fingerprint density at radius 1 is 1.33 bits per heavy atom. The molecule has 0 unspecified atom stereocenters. The SMILES string of the molecule is CCC1(CC)NC(=O)CCN(c2ccc(F)c(Br)c2)C1=O. The first-order chi connectivity index (χ1) is 9.93. The molecule has 6 heteroatoms. The first-order valence-electron chi connectivity index (χ1n) is 7.01. The molecule has 0 spiro atoms. The molecule has 0 radical (unpaired) electrons. The lowest BCUT2D eigenvalue weighted by Gasteiger charge is -2.33. The van der Waals surface area contributed by atoms with Gasteiger partial charge in [0.1, 0.15) is 11.4 Å². The summed E-state index contributed by atoms with van der Waals surface area (Å²) in [4.78, 5) is 26.3. The Bertz CT molecular complexity index is 573. The Labute approximate surface area is 131 Å². The molecule has 0 bridgehead atoms. The van der Waals surface area contributed by atoms with Crippen molar-refractivity contribution in [2.75, 3.05) is 11.4 Å². The number of amides is 2. The summed E-state index contributed by atoms with van der Waals surface area (Å²) in [5.74, 6) is -0.653. The van der Waals surface area contributed by atoms with Crippen LogP contribution in [0.15, 0.2) is 22.7 Å². The number of nitrogens with zero attached hydrogens (tertiary/aromatic N) is 1. The van der Waals surface area contributed by atoms with E-state index in [0.717, 1.165) is 0 Å². The van der Waals surface area contributed by atoms with Gasteiger partial charge < -0.3 is 10.2 Å². The third-order valence-electron chi connectivity index (χ3n) is 4.02. The minimum Gasteiger partial charge on any atom is -0.342 e. The van der Waals surface area contributed by atoms with Crippen molar-refractivity contribution in [1.29, 1.82) is 0 Å². The van der Waals surface area contributed by atoms with Crippen molar-refractivity contribution in [2.45, 2.75) is 38.6 Å². The van der Waals surface area contributed by atoms with E-state index in [1.54, 1.807) is 17.0 Å². The lowest BCUT2D eigenvalue weighted by Crippen LogP contribution is -2.56. The van der Waals surface area contributed by atoms with Crippen LogP contribution in [0.3, 0.4) is 0 Å². The zero-order valence-corrected chi connectivity index (χ0v) is 13.7. The smallest absolute Gasteiger partial charge is 0.252 e. The topological polar surface area (TPSA) is 49.4 Å². The second-order valence-corrected chi connectivity index (χ2v) is 6.00. The second kappa shape index (κ2) is 6.13. The minimum absolute atomic E-state index is 0.129. The lowest BCUT2D eigenvalue weighted by atomic mass is 9.91. The highest BCUT2D eigenvalue weighted by molar-refractivity contribution is 9.10. The van der Waals surface area contributed by atoms with Crippen LogP contribution in [0.5, 0.6) is 0 Å².